The smallest absolute Gasteiger partial charge is 0.0946 e. The molecule has 3 heteroatoms. The van der Waals surface area contributed by atoms with Crippen LogP contribution in [0.3, 0.4) is 0 Å². The summed E-state index contributed by atoms with van der Waals surface area (Å²) in [4.78, 5) is 2.46. The minimum absolute atomic E-state index is 1.08. The van der Waals surface area contributed by atoms with Crippen molar-refractivity contribution in [3.05, 3.63) is 53.9 Å². The molecular weight excluding hydrogens is 234 g/mol. The second-order valence-electron chi connectivity index (χ2n) is 3.42. The highest BCUT2D eigenvalue weighted by Crippen LogP contribution is 2.31. The fourth-order valence-corrected chi connectivity index (χ4v) is 3.05. The molecule has 1 nitrogen and oxygen atoms in total. The van der Waals surface area contributed by atoms with Crippen molar-refractivity contribution in [3.8, 4) is 21.0 Å². The molecule has 0 aliphatic rings. The van der Waals surface area contributed by atoms with Crippen molar-refractivity contribution in [1.82, 2.24) is 4.37 Å². The van der Waals surface area contributed by atoms with Crippen LogP contribution in [0.15, 0.2) is 53.9 Å². The Balaban J connectivity index is 2.00. The third-order valence-electron chi connectivity index (χ3n) is 2.34. The van der Waals surface area contributed by atoms with E-state index in [4.69, 9.17) is 0 Å². The lowest BCUT2D eigenvalue weighted by Gasteiger charge is -1.92. The molecule has 2 heterocycles. The summed E-state index contributed by atoms with van der Waals surface area (Å²) in [5.41, 5.74) is 2.32. The largest absolute Gasteiger partial charge is 0.191 e. The lowest BCUT2D eigenvalue weighted by Crippen LogP contribution is -1.69. The predicted molar refractivity (Wildman–Crippen MR) is 70.9 cm³/mol. The van der Waals surface area contributed by atoms with Crippen molar-refractivity contribution in [2.75, 3.05) is 0 Å². The maximum Gasteiger partial charge on any atom is 0.0946 e. The Labute approximate surface area is 102 Å². The average molecular weight is 243 g/mol. The molecule has 0 saturated heterocycles. The Morgan fingerprint density at radius 2 is 1.75 bits per heavy atom. The molecule has 0 saturated carbocycles. The van der Waals surface area contributed by atoms with E-state index in [0.29, 0.717) is 0 Å². The number of nitrogens with zero attached hydrogens (tertiary/aromatic N) is 1. The third kappa shape index (κ3) is 1.79. The van der Waals surface area contributed by atoms with Crippen LogP contribution in [0, 0.1) is 0 Å². The lowest BCUT2D eigenvalue weighted by atomic mass is 10.2. The zero-order valence-electron chi connectivity index (χ0n) is 8.46. The quantitative estimate of drug-likeness (QED) is 0.644. The highest BCUT2D eigenvalue weighted by atomic mass is 32.1. The number of aromatic nitrogens is 1. The van der Waals surface area contributed by atoms with E-state index in [1.54, 1.807) is 22.9 Å². The van der Waals surface area contributed by atoms with Crippen molar-refractivity contribution in [1.29, 1.82) is 0 Å². The SMILES string of the molecule is c1ccc(-c2cc(-c3cccs3)ns2)cc1. The molecule has 0 radical (unpaired) electrons. The molecule has 0 unspecified atom stereocenters. The summed E-state index contributed by atoms with van der Waals surface area (Å²) < 4.78 is 4.49. The topological polar surface area (TPSA) is 12.9 Å². The van der Waals surface area contributed by atoms with Gasteiger partial charge in [0.2, 0.25) is 0 Å². The lowest BCUT2D eigenvalue weighted by molar-refractivity contribution is 1.58. The fraction of sp³-hybridized carbons (Fsp3) is 0. The van der Waals surface area contributed by atoms with E-state index in [-0.39, 0.29) is 0 Å². The zero-order valence-corrected chi connectivity index (χ0v) is 10.1. The molecule has 0 spiro atoms. The van der Waals surface area contributed by atoms with Crippen LogP contribution in [-0.2, 0) is 0 Å². The van der Waals surface area contributed by atoms with Gasteiger partial charge in [-0.3, -0.25) is 0 Å². The second kappa shape index (κ2) is 4.20. The summed E-state index contributed by atoms with van der Waals surface area (Å²) >= 11 is 3.29. The second-order valence-corrected chi connectivity index (χ2v) is 5.17. The first-order chi connectivity index (χ1) is 7.93. The van der Waals surface area contributed by atoms with Crippen LogP contribution in [0.4, 0.5) is 0 Å². The van der Waals surface area contributed by atoms with Crippen LogP contribution in [0.5, 0.6) is 0 Å². The summed E-state index contributed by atoms with van der Waals surface area (Å²) in [6, 6.07) is 16.7. The van der Waals surface area contributed by atoms with Gasteiger partial charge in [-0.15, -0.1) is 11.3 Å². The normalized spacial score (nSPS) is 10.5. The fourth-order valence-electron chi connectivity index (χ4n) is 1.55. The van der Waals surface area contributed by atoms with Crippen LogP contribution in [0.2, 0.25) is 0 Å². The Bertz CT molecular complexity index is 567. The molecule has 78 valence electrons. The molecule has 0 atom stereocenters. The Kier molecular flexibility index (Phi) is 2.56. The minimum Gasteiger partial charge on any atom is -0.191 e. The summed E-state index contributed by atoms with van der Waals surface area (Å²) in [6.07, 6.45) is 0. The Hall–Kier alpha value is -1.45. The number of hydrogen-bond donors (Lipinski definition) is 0. The molecule has 16 heavy (non-hydrogen) atoms. The van der Waals surface area contributed by atoms with E-state index in [1.807, 2.05) is 6.07 Å². The first-order valence-electron chi connectivity index (χ1n) is 4.99. The van der Waals surface area contributed by atoms with Gasteiger partial charge in [0, 0.05) is 0 Å². The van der Waals surface area contributed by atoms with Crippen molar-refractivity contribution < 1.29 is 0 Å². The van der Waals surface area contributed by atoms with Crippen molar-refractivity contribution in [2.24, 2.45) is 0 Å². The van der Waals surface area contributed by atoms with Gasteiger partial charge in [-0.05, 0) is 34.6 Å². The van der Waals surface area contributed by atoms with Gasteiger partial charge in [-0.2, -0.15) is 4.37 Å². The van der Waals surface area contributed by atoms with Crippen LogP contribution < -0.4 is 0 Å². The molecule has 0 amide bonds. The molecule has 0 bridgehead atoms. The third-order valence-corrected chi connectivity index (χ3v) is 4.07. The number of benzene rings is 1. The molecular formula is C13H9NS2. The van der Waals surface area contributed by atoms with E-state index >= 15 is 0 Å². The van der Waals surface area contributed by atoms with Gasteiger partial charge in [-0.1, -0.05) is 36.4 Å². The van der Waals surface area contributed by atoms with Gasteiger partial charge >= 0.3 is 0 Å². The standard InChI is InChI=1S/C13H9NS2/c1-2-5-10(6-3-1)13-9-11(14-16-13)12-7-4-8-15-12/h1-9H. The Morgan fingerprint density at radius 3 is 2.50 bits per heavy atom. The van der Waals surface area contributed by atoms with Gasteiger partial charge in [-0.25, -0.2) is 0 Å². The van der Waals surface area contributed by atoms with Gasteiger partial charge in [0.25, 0.3) is 0 Å². The maximum atomic E-state index is 4.49. The monoisotopic (exact) mass is 243 g/mol. The highest BCUT2D eigenvalue weighted by Gasteiger charge is 2.06. The van der Waals surface area contributed by atoms with E-state index in [0.717, 1.165) is 5.69 Å². The molecule has 2 aromatic heterocycles. The number of rotatable bonds is 2. The van der Waals surface area contributed by atoms with Crippen molar-refractivity contribution >= 4 is 22.9 Å². The van der Waals surface area contributed by atoms with E-state index in [1.165, 1.54) is 15.3 Å². The van der Waals surface area contributed by atoms with Gasteiger partial charge in [0.1, 0.15) is 0 Å². The molecule has 0 aliphatic heterocycles. The maximum absolute atomic E-state index is 4.49. The van der Waals surface area contributed by atoms with Gasteiger partial charge < -0.3 is 0 Å². The summed E-state index contributed by atoms with van der Waals surface area (Å²) in [7, 11) is 0. The van der Waals surface area contributed by atoms with E-state index in [2.05, 4.69) is 52.2 Å². The first kappa shape index (κ1) is 9.75. The molecule has 0 N–H and O–H groups in total. The van der Waals surface area contributed by atoms with Crippen molar-refractivity contribution in [3.63, 3.8) is 0 Å². The molecule has 3 aromatic rings. The summed E-state index contributed by atoms with van der Waals surface area (Å²) in [5, 5.41) is 2.08. The highest BCUT2D eigenvalue weighted by molar-refractivity contribution is 7.14. The number of hydrogen-bond acceptors (Lipinski definition) is 3. The summed E-state index contributed by atoms with van der Waals surface area (Å²) in [6.45, 7) is 0. The molecule has 0 fully saturated rings. The molecule has 0 aliphatic carbocycles. The Morgan fingerprint density at radius 1 is 0.875 bits per heavy atom. The molecule has 1 aromatic carbocycles. The summed E-state index contributed by atoms with van der Waals surface area (Å²) in [5.74, 6) is 0. The van der Waals surface area contributed by atoms with Crippen LogP contribution in [0.25, 0.3) is 21.0 Å². The van der Waals surface area contributed by atoms with Crippen LogP contribution in [-0.4, -0.2) is 4.37 Å². The van der Waals surface area contributed by atoms with E-state index in [9.17, 15) is 0 Å². The first-order valence-corrected chi connectivity index (χ1v) is 6.65. The van der Waals surface area contributed by atoms with E-state index < -0.39 is 0 Å². The van der Waals surface area contributed by atoms with Crippen LogP contribution in [0.1, 0.15) is 0 Å². The minimum atomic E-state index is 1.08. The van der Waals surface area contributed by atoms with Gasteiger partial charge in [0.15, 0.2) is 0 Å². The zero-order chi connectivity index (χ0) is 10.8. The van der Waals surface area contributed by atoms with Crippen molar-refractivity contribution in [2.45, 2.75) is 0 Å². The predicted octanol–water partition coefficient (Wildman–Crippen LogP) is 4.54. The van der Waals surface area contributed by atoms with Gasteiger partial charge in [0.05, 0.1) is 15.4 Å². The molecule has 3 rings (SSSR count). The van der Waals surface area contributed by atoms with Crippen LogP contribution >= 0.6 is 22.9 Å². The average Bonchev–Trinajstić information content (AvgIpc) is 3.01. The number of thiophene rings is 1.